The van der Waals surface area contributed by atoms with Gasteiger partial charge in [0.15, 0.2) is 11.5 Å². The maximum atomic E-state index is 12.6. The number of morpholine rings is 1. The number of carbonyl (C=O) groups excluding carboxylic acids is 1. The van der Waals surface area contributed by atoms with Gasteiger partial charge in [0.05, 0.1) is 23.8 Å². The Morgan fingerprint density at radius 3 is 2.31 bits per heavy atom. The van der Waals surface area contributed by atoms with E-state index in [9.17, 15) is 4.79 Å². The number of benzene rings is 2. The van der Waals surface area contributed by atoms with Crippen molar-refractivity contribution in [1.29, 1.82) is 0 Å². The van der Waals surface area contributed by atoms with E-state index in [-0.39, 0.29) is 5.91 Å². The average Bonchev–Trinajstić information content (AvgIpc) is 2.68. The van der Waals surface area contributed by atoms with Crippen molar-refractivity contribution in [3.8, 4) is 11.5 Å². The van der Waals surface area contributed by atoms with Crippen molar-refractivity contribution >= 4 is 28.9 Å². The van der Waals surface area contributed by atoms with Gasteiger partial charge in [0.2, 0.25) is 0 Å². The molecule has 2 heterocycles. The molecule has 0 saturated carbocycles. The molecule has 136 valence electrons. The lowest BCUT2D eigenvalue weighted by Gasteiger charge is -2.28. The predicted molar refractivity (Wildman–Crippen MR) is 99.9 cm³/mol. The third-order valence-corrected chi connectivity index (χ3v) is 4.69. The molecule has 0 aliphatic carbocycles. The molecular weight excluding hydrogens is 356 g/mol. The highest BCUT2D eigenvalue weighted by molar-refractivity contribution is 6.34. The zero-order valence-electron chi connectivity index (χ0n) is 14.2. The largest absolute Gasteiger partial charge is 0.486 e. The normalized spacial score (nSPS) is 16.3. The number of amides is 1. The van der Waals surface area contributed by atoms with Crippen molar-refractivity contribution < 1.29 is 19.0 Å². The summed E-state index contributed by atoms with van der Waals surface area (Å²) in [5.74, 6) is 0.812. The predicted octanol–water partition coefficient (Wildman–Crippen LogP) is 3.20. The standard InChI is InChI=1S/C19H19ClN2O4/c20-16-12-18-17(25-9-10-26-18)11-15(16)19(23)21-13-1-3-14(4-2-13)22-5-7-24-8-6-22/h1-4,11-12H,5-10H2,(H,21,23). The van der Waals surface area contributed by atoms with Crippen molar-refractivity contribution in [3.05, 3.63) is 47.0 Å². The lowest BCUT2D eigenvalue weighted by Crippen LogP contribution is -2.36. The van der Waals surface area contributed by atoms with Crippen molar-refractivity contribution in [2.45, 2.75) is 0 Å². The Hall–Kier alpha value is -2.44. The molecule has 0 atom stereocenters. The molecule has 0 aromatic heterocycles. The molecule has 1 saturated heterocycles. The Labute approximate surface area is 156 Å². The highest BCUT2D eigenvalue weighted by atomic mass is 35.5. The summed E-state index contributed by atoms with van der Waals surface area (Å²) < 4.78 is 16.4. The number of halogens is 1. The van der Waals surface area contributed by atoms with Crippen LogP contribution in [0.15, 0.2) is 36.4 Å². The Bertz CT molecular complexity index is 804. The van der Waals surface area contributed by atoms with Crippen LogP contribution in [0.1, 0.15) is 10.4 Å². The number of ether oxygens (including phenoxy) is 3. The van der Waals surface area contributed by atoms with Crippen LogP contribution in [0.3, 0.4) is 0 Å². The van der Waals surface area contributed by atoms with Crippen LogP contribution in [-0.4, -0.2) is 45.4 Å². The first-order chi connectivity index (χ1) is 12.7. The Kier molecular flexibility index (Phi) is 4.86. The molecule has 2 aromatic carbocycles. The van der Waals surface area contributed by atoms with Gasteiger partial charge in [-0.3, -0.25) is 4.79 Å². The maximum absolute atomic E-state index is 12.6. The highest BCUT2D eigenvalue weighted by Gasteiger charge is 2.19. The molecule has 1 fully saturated rings. The van der Waals surface area contributed by atoms with E-state index in [2.05, 4.69) is 10.2 Å². The van der Waals surface area contributed by atoms with E-state index in [0.29, 0.717) is 41.0 Å². The van der Waals surface area contributed by atoms with Gasteiger partial charge in [0.25, 0.3) is 5.91 Å². The van der Waals surface area contributed by atoms with Crippen molar-refractivity contribution in [2.24, 2.45) is 0 Å². The molecular formula is C19H19ClN2O4. The molecule has 2 aliphatic heterocycles. The third-order valence-electron chi connectivity index (χ3n) is 4.38. The molecule has 0 bridgehead atoms. The monoisotopic (exact) mass is 374 g/mol. The van der Waals surface area contributed by atoms with E-state index in [1.54, 1.807) is 12.1 Å². The summed E-state index contributed by atoms with van der Waals surface area (Å²) in [6.45, 7) is 4.16. The first-order valence-corrected chi connectivity index (χ1v) is 8.92. The topological polar surface area (TPSA) is 60.0 Å². The molecule has 1 N–H and O–H groups in total. The van der Waals surface area contributed by atoms with E-state index in [1.165, 1.54) is 0 Å². The lowest BCUT2D eigenvalue weighted by atomic mass is 10.1. The SMILES string of the molecule is O=C(Nc1ccc(N2CCOCC2)cc1)c1cc2c(cc1Cl)OCCO2. The summed E-state index contributed by atoms with van der Waals surface area (Å²) in [5.41, 5.74) is 2.18. The minimum atomic E-state index is -0.286. The van der Waals surface area contributed by atoms with Crippen LogP contribution in [0.2, 0.25) is 5.02 Å². The van der Waals surface area contributed by atoms with Crippen LogP contribution in [0, 0.1) is 0 Å². The van der Waals surface area contributed by atoms with Gasteiger partial charge in [-0.2, -0.15) is 0 Å². The first kappa shape index (κ1) is 17.0. The van der Waals surface area contributed by atoms with Gasteiger partial charge in [0.1, 0.15) is 13.2 Å². The average molecular weight is 375 g/mol. The second-order valence-corrected chi connectivity index (χ2v) is 6.48. The summed E-state index contributed by atoms with van der Waals surface area (Å²) in [7, 11) is 0. The minimum Gasteiger partial charge on any atom is -0.486 e. The number of carbonyl (C=O) groups is 1. The van der Waals surface area contributed by atoms with Gasteiger partial charge >= 0.3 is 0 Å². The highest BCUT2D eigenvalue weighted by Crippen LogP contribution is 2.35. The Balaban J connectivity index is 1.47. The second-order valence-electron chi connectivity index (χ2n) is 6.08. The van der Waals surface area contributed by atoms with Crippen LogP contribution in [0.25, 0.3) is 0 Å². The molecule has 4 rings (SSSR count). The van der Waals surface area contributed by atoms with E-state index >= 15 is 0 Å². The van der Waals surface area contributed by atoms with Crippen LogP contribution >= 0.6 is 11.6 Å². The quantitative estimate of drug-likeness (QED) is 0.894. The van der Waals surface area contributed by atoms with Gasteiger partial charge in [-0.05, 0) is 30.3 Å². The molecule has 7 heteroatoms. The fourth-order valence-corrected chi connectivity index (χ4v) is 3.25. The number of fused-ring (bicyclic) bond motifs is 1. The zero-order valence-corrected chi connectivity index (χ0v) is 14.9. The van der Waals surface area contributed by atoms with Gasteiger partial charge in [-0.15, -0.1) is 0 Å². The first-order valence-electron chi connectivity index (χ1n) is 8.54. The van der Waals surface area contributed by atoms with Crippen LogP contribution in [-0.2, 0) is 4.74 Å². The number of rotatable bonds is 3. The van der Waals surface area contributed by atoms with Crippen LogP contribution in [0.5, 0.6) is 11.5 Å². The van der Waals surface area contributed by atoms with Crippen molar-refractivity contribution in [1.82, 2.24) is 0 Å². The summed E-state index contributed by atoms with van der Waals surface area (Å²) in [6, 6.07) is 11.0. The molecule has 0 spiro atoms. The lowest BCUT2D eigenvalue weighted by molar-refractivity contribution is 0.102. The number of hydrogen-bond acceptors (Lipinski definition) is 5. The van der Waals surface area contributed by atoms with Crippen molar-refractivity contribution in [2.75, 3.05) is 49.7 Å². The molecule has 0 unspecified atom stereocenters. The van der Waals surface area contributed by atoms with Crippen molar-refractivity contribution in [3.63, 3.8) is 0 Å². The number of hydrogen-bond donors (Lipinski definition) is 1. The molecule has 6 nitrogen and oxygen atoms in total. The third kappa shape index (κ3) is 3.57. The number of nitrogens with zero attached hydrogens (tertiary/aromatic N) is 1. The van der Waals surface area contributed by atoms with E-state index in [4.69, 9.17) is 25.8 Å². The van der Waals surface area contributed by atoms with Gasteiger partial charge in [-0.25, -0.2) is 0 Å². The van der Waals surface area contributed by atoms with Gasteiger partial charge in [0, 0.05) is 30.5 Å². The molecule has 26 heavy (non-hydrogen) atoms. The summed E-state index contributed by atoms with van der Waals surface area (Å²) in [6.07, 6.45) is 0. The van der Waals surface area contributed by atoms with Crippen LogP contribution < -0.4 is 19.7 Å². The van der Waals surface area contributed by atoms with E-state index in [0.717, 1.165) is 32.0 Å². The Morgan fingerprint density at radius 1 is 0.962 bits per heavy atom. The Morgan fingerprint density at radius 2 is 1.62 bits per heavy atom. The van der Waals surface area contributed by atoms with Gasteiger partial charge in [-0.1, -0.05) is 11.6 Å². The molecule has 2 aliphatic rings. The zero-order chi connectivity index (χ0) is 17.9. The summed E-state index contributed by atoms with van der Waals surface area (Å²) >= 11 is 6.23. The van der Waals surface area contributed by atoms with E-state index < -0.39 is 0 Å². The smallest absolute Gasteiger partial charge is 0.257 e. The summed E-state index contributed by atoms with van der Waals surface area (Å²) in [4.78, 5) is 14.8. The number of anilines is 2. The fraction of sp³-hybridized carbons (Fsp3) is 0.316. The molecule has 2 aromatic rings. The number of nitrogens with one attached hydrogen (secondary N) is 1. The second kappa shape index (κ2) is 7.43. The summed E-state index contributed by atoms with van der Waals surface area (Å²) in [5, 5.41) is 3.20. The van der Waals surface area contributed by atoms with Crippen LogP contribution in [0.4, 0.5) is 11.4 Å². The maximum Gasteiger partial charge on any atom is 0.257 e. The fourth-order valence-electron chi connectivity index (χ4n) is 3.01. The molecule has 0 radical (unpaired) electrons. The minimum absolute atomic E-state index is 0.286. The van der Waals surface area contributed by atoms with Gasteiger partial charge < -0.3 is 24.4 Å². The van der Waals surface area contributed by atoms with E-state index in [1.807, 2.05) is 24.3 Å². The molecule has 1 amide bonds.